The highest BCUT2D eigenvalue weighted by atomic mass is 32.2. The molecular formula is C7H13N3OS. The van der Waals surface area contributed by atoms with Crippen LogP contribution in [0.1, 0.15) is 12.7 Å². The number of hydrogen-bond donors (Lipinski definition) is 2. The summed E-state index contributed by atoms with van der Waals surface area (Å²) in [4.78, 5) is 4.13. The Bertz CT molecular complexity index is 238. The molecule has 0 aliphatic carbocycles. The Kier molecular flexibility index (Phi) is 3.55. The highest BCUT2D eigenvalue weighted by molar-refractivity contribution is 7.99. The van der Waals surface area contributed by atoms with Gasteiger partial charge in [0.15, 0.2) is 0 Å². The summed E-state index contributed by atoms with van der Waals surface area (Å²) in [5, 5.41) is 16.2. The van der Waals surface area contributed by atoms with Crippen molar-refractivity contribution in [3.63, 3.8) is 0 Å². The van der Waals surface area contributed by atoms with Crippen LogP contribution in [0.25, 0.3) is 0 Å². The van der Waals surface area contributed by atoms with Gasteiger partial charge in [0.1, 0.15) is 5.82 Å². The standard InChI is InChI=1S/C7H13N3OS/c1-5(3-11)4-12-7-8-6(2)9-10-7/h5,11H,3-4H2,1-2H3,(H,8,9,10). The lowest BCUT2D eigenvalue weighted by molar-refractivity contribution is 0.250. The molecule has 0 saturated heterocycles. The van der Waals surface area contributed by atoms with Gasteiger partial charge in [0.25, 0.3) is 0 Å². The Labute approximate surface area is 75.8 Å². The molecule has 0 aliphatic rings. The summed E-state index contributed by atoms with van der Waals surface area (Å²) < 4.78 is 0. The molecule has 12 heavy (non-hydrogen) atoms. The Balaban J connectivity index is 2.33. The van der Waals surface area contributed by atoms with Crippen molar-refractivity contribution in [2.24, 2.45) is 5.92 Å². The summed E-state index contributed by atoms with van der Waals surface area (Å²) >= 11 is 1.56. The van der Waals surface area contributed by atoms with E-state index in [1.54, 1.807) is 11.8 Å². The van der Waals surface area contributed by atoms with Crippen LogP contribution in [0.3, 0.4) is 0 Å². The van der Waals surface area contributed by atoms with Crippen molar-refractivity contribution in [1.82, 2.24) is 15.2 Å². The number of hydrogen-bond acceptors (Lipinski definition) is 4. The molecule has 0 radical (unpaired) electrons. The van der Waals surface area contributed by atoms with E-state index in [0.29, 0.717) is 5.92 Å². The number of thioether (sulfide) groups is 1. The molecule has 1 aromatic heterocycles. The van der Waals surface area contributed by atoms with E-state index in [-0.39, 0.29) is 6.61 Å². The van der Waals surface area contributed by atoms with Crippen LogP contribution in [0, 0.1) is 12.8 Å². The number of aromatic amines is 1. The smallest absolute Gasteiger partial charge is 0.208 e. The zero-order chi connectivity index (χ0) is 8.97. The monoisotopic (exact) mass is 187 g/mol. The second kappa shape index (κ2) is 4.47. The van der Waals surface area contributed by atoms with Crippen LogP contribution in [0.4, 0.5) is 0 Å². The third-order valence-electron chi connectivity index (χ3n) is 1.39. The summed E-state index contributed by atoms with van der Waals surface area (Å²) in [6, 6.07) is 0. The van der Waals surface area contributed by atoms with Crippen LogP contribution >= 0.6 is 11.8 Å². The maximum atomic E-state index is 8.76. The van der Waals surface area contributed by atoms with Gasteiger partial charge in [-0.15, -0.1) is 5.10 Å². The Morgan fingerprint density at radius 3 is 2.92 bits per heavy atom. The lowest BCUT2D eigenvalue weighted by Crippen LogP contribution is -2.03. The van der Waals surface area contributed by atoms with Crippen molar-refractivity contribution >= 4 is 11.8 Å². The fourth-order valence-electron chi connectivity index (χ4n) is 0.656. The molecule has 5 heteroatoms. The van der Waals surface area contributed by atoms with Gasteiger partial charge in [0.05, 0.1) is 0 Å². The molecule has 0 amide bonds. The first kappa shape index (κ1) is 9.54. The summed E-state index contributed by atoms with van der Waals surface area (Å²) in [6.07, 6.45) is 0. The molecule has 0 spiro atoms. The van der Waals surface area contributed by atoms with E-state index in [9.17, 15) is 0 Å². The zero-order valence-corrected chi connectivity index (χ0v) is 8.06. The predicted octanol–water partition coefficient (Wildman–Crippen LogP) is 0.834. The van der Waals surface area contributed by atoms with Gasteiger partial charge in [0, 0.05) is 12.4 Å². The SMILES string of the molecule is Cc1nc(SCC(C)CO)n[nH]1. The number of aryl methyl sites for hydroxylation is 1. The van der Waals surface area contributed by atoms with Gasteiger partial charge in [0.2, 0.25) is 5.16 Å². The average Bonchev–Trinajstić information content (AvgIpc) is 2.47. The van der Waals surface area contributed by atoms with Gasteiger partial charge in [-0.25, -0.2) is 4.98 Å². The number of nitrogens with one attached hydrogen (secondary N) is 1. The van der Waals surface area contributed by atoms with E-state index in [2.05, 4.69) is 15.2 Å². The zero-order valence-electron chi connectivity index (χ0n) is 7.24. The fourth-order valence-corrected chi connectivity index (χ4v) is 1.51. The third kappa shape index (κ3) is 2.83. The van der Waals surface area contributed by atoms with Crippen LogP contribution in [0.2, 0.25) is 0 Å². The average molecular weight is 187 g/mol. The van der Waals surface area contributed by atoms with Crippen LogP contribution in [-0.4, -0.2) is 32.6 Å². The molecular weight excluding hydrogens is 174 g/mol. The van der Waals surface area contributed by atoms with Gasteiger partial charge in [-0.1, -0.05) is 18.7 Å². The Morgan fingerprint density at radius 2 is 2.42 bits per heavy atom. The second-order valence-corrected chi connectivity index (χ2v) is 3.79. The van der Waals surface area contributed by atoms with Gasteiger partial charge < -0.3 is 5.11 Å². The molecule has 4 nitrogen and oxygen atoms in total. The lowest BCUT2D eigenvalue weighted by atomic mass is 10.2. The van der Waals surface area contributed by atoms with Crippen LogP contribution in [0.5, 0.6) is 0 Å². The molecule has 1 unspecified atom stereocenters. The first-order valence-electron chi connectivity index (χ1n) is 3.85. The van der Waals surface area contributed by atoms with Crippen LogP contribution < -0.4 is 0 Å². The molecule has 0 saturated carbocycles. The molecule has 0 aromatic carbocycles. The normalized spacial score (nSPS) is 13.2. The second-order valence-electron chi connectivity index (χ2n) is 2.80. The van der Waals surface area contributed by atoms with Crippen molar-refractivity contribution in [2.45, 2.75) is 19.0 Å². The maximum Gasteiger partial charge on any atom is 0.208 e. The fraction of sp³-hybridized carbons (Fsp3) is 0.714. The number of rotatable bonds is 4. The molecule has 0 bridgehead atoms. The van der Waals surface area contributed by atoms with E-state index in [1.165, 1.54) is 0 Å². The molecule has 2 N–H and O–H groups in total. The Morgan fingerprint density at radius 1 is 1.67 bits per heavy atom. The number of aliphatic hydroxyl groups is 1. The van der Waals surface area contributed by atoms with Crippen LogP contribution in [0.15, 0.2) is 5.16 Å². The number of H-pyrrole nitrogens is 1. The van der Waals surface area contributed by atoms with E-state index < -0.39 is 0 Å². The minimum absolute atomic E-state index is 0.219. The first-order valence-corrected chi connectivity index (χ1v) is 4.83. The van der Waals surface area contributed by atoms with E-state index >= 15 is 0 Å². The molecule has 1 rings (SSSR count). The molecule has 1 atom stereocenters. The molecule has 0 aliphatic heterocycles. The largest absolute Gasteiger partial charge is 0.396 e. The topological polar surface area (TPSA) is 61.8 Å². The van der Waals surface area contributed by atoms with Crippen molar-refractivity contribution < 1.29 is 5.11 Å². The number of aromatic nitrogens is 3. The minimum Gasteiger partial charge on any atom is -0.396 e. The third-order valence-corrected chi connectivity index (χ3v) is 2.56. The van der Waals surface area contributed by atoms with E-state index in [1.807, 2.05) is 13.8 Å². The van der Waals surface area contributed by atoms with Gasteiger partial charge in [-0.3, -0.25) is 5.10 Å². The van der Waals surface area contributed by atoms with Gasteiger partial charge >= 0.3 is 0 Å². The molecule has 1 aromatic rings. The summed E-state index contributed by atoms with van der Waals surface area (Å²) in [6.45, 7) is 4.08. The van der Waals surface area contributed by atoms with E-state index in [4.69, 9.17) is 5.11 Å². The highest BCUT2D eigenvalue weighted by Crippen LogP contribution is 2.15. The number of aliphatic hydroxyl groups excluding tert-OH is 1. The maximum absolute atomic E-state index is 8.76. The minimum atomic E-state index is 0.219. The number of nitrogens with zero attached hydrogens (tertiary/aromatic N) is 2. The highest BCUT2D eigenvalue weighted by Gasteiger charge is 2.04. The van der Waals surface area contributed by atoms with Crippen LogP contribution in [-0.2, 0) is 0 Å². The van der Waals surface area contributed by atoms with Crippen molar-refractivity contribution in [1.29, 1.82) is 0 Å². The Hall–Kier alpha value is -0.550. The molecule has 68 valence electrons. The van der Waals surface area contributed by atoms with Gasteiger partial charge in [-0.05, 0) is 12.8 Å². The van der Waals surface area contributed by atoms with Crippen molar-refractivity contribution in [3.05, 3.63) is 5.82 Å². The van der Waals surface area contributed by atoms with Gasteiger partial charge in [-0.2, -0.15) is 0 Å². The lowest BCUT2D eigenvalue weighted by Gasteiger charge is -2.03. The summed E-state index contributed by atoms with van der Waals surface area (Å²) in [7, 11) is 0. The predicted molar refractivity (Wildman–Crippen MR) is 48.1 cm³/mol. The first-order chi connectivity index (χ1) is 5.72. The quantitative estimate of drug-likeness (QED) is 0.685. The molecule has 0 fully saturated rings. The van der Waals surface area contributed by atoms with E-state index in [0.717, 1.165) is 16.7 Å². The summed E-state index contributed by atoms with van der Waals surface area (Å²) in [5.41, 5.74) is 0. The summed E-state index contributed by atoms with van der Waals surface area (Å²) in [5.74, 6) is 1.98. The van der Waals surface area contributed by atoms with Crippen molar-refractivity contribution in [2.75, 3.05) is 12.4 Å². The van der Waals surface area contributed by atoms with Crippen molar-refractivity contribution in [3.8, 4) is 0 Å². The molecule has 1 heterocycles.